The highest BCUT2D eigenvalue weighted by atomic mass is 32.2. The number of hydrogen-bond acceptors (Lipinski definition) is 7. The van der Waals surface area contributed by atoms with Gasteiger partial charge in [-0.05, 0) is 11.4 Å². The van der Waals surface area contributed by atoms with E-state index in [4.69, 9.17) is 9.84 Å². The number of hydrogen-bond donors (Lipinski definition) is 2. The fourth-order valence-corrected chi connectivity index (χ4v) is 5.96. The molecule has 1 fully saturated rings. The number of sulfonamides is 1. The molecule has 0 bridgehead atoms. The summed E-state index contributed by atoms with van der Waals surface area (Å²) in [5.41, 5.74) is 0. The Kier molecular flexibility index (Phi) is 7.04. The van der Waals surface area contributed by atoms with Crippen molar-refractivity contribution in [1.82, 2.24) is 9.62 Å². The van der Waals surface area contributed by atoms with Gasteiger partial charge in [-0.1, -0.05) is 0 Å². The Bertz CT molecular complexity index is 682. The Morgan fingerprint density at radius 2 is 2.04 bits per heavy atom. The molecule has 134 valence electrons. The largest absolute Gasteiger partial charge is 0.480 e. The van der Waals surface area contributed by atoms with Crippen LogP contribution in [-0.4, -0.2) is 74.1 Å². The molecule has 2 heterocycles. The van der Waals surface area contributed by atoms with Gasteiger partial charge < -0.3 is 15.2 Å². The molecule has 0 atom stereocenters. The first-order valence-electron chi connectivity index (χ1n) is 7.16. The van der Waals surface area contributed by atoms with Crippen LogP contribution in [0.25, 0.3) is 0 Å². The molecule has 0 aliphatic carbocycles. The predicted octanol–water partition coefficient (Wildman–Crippen LogP) is 0.317. The highest BCUT2D eigenvalue weighted by molar-refractivity contribution is 7.99. The van der Waals surface area contributed by atoms with Crippen molar-refractivity contribution in [2.24, 2.45) is 0 Å². The number of thioether (sulfide) groups is 1. The van der Waals surface area contributed by atoms with Gasteiger partial charge in [-0.3, -0.25) is 4.79 Å². The first-order valence-corrected chi connectivity index (χ1v) is 10.6. The molecule has 0 aromatic carbocycles. The van der Waals surface area contributed by atoms with Gasteiger partial charge in [-0.15, -0.1) is 11.3 Å². The van der Waals surface area contributed by atoms with Crippen LogP contribution in [0.15, 0.2) is 16.3 Å². The lowest BCUT2D eigenvalue weighted by molar-refractivity contribution is -0.142. The molecule has 2 N–H and O–H groups in total. The molecule has 1 aliphatic rings. The van der Waals surface area contributed by atoms with Crippen LogP contribution < -0.4 is 5.32 Å². The zero-order chi connectivity index (χ0) is 17.6. The molecular formula is C13H18N2O6S3. The van der Waals surface area contributed by atoms with E-state index in [1.165, 1.54) is 10.4 Å². The second-order valence-corrected chi connectivity index (χ2v) is 8.88. The van der Waals surface area contributed by atoms with E-state index >= 15 is 0 Å². The van der Waals surface area contributed by atoms with Gasteiger partial charge in [0.25, 0.3) is 5.91 Å². The quantitative estimate of drug-likeness (QED) is 0.610. The van der Waals surface area contributed by atoms with Gasteiger partial charge in [0, 0.05) is 31.1 Å². The average molecular weight is 394 g/mol. The molecule has 2 rings (SSSR count). The monoisotopic (exact) mass is 394 g/mol. The lowest BCUT2D eigenvalue weighted by atomic mass is 10.4. The highest BCUT2D eigenvalue weighted by Gasteiger charge is 2.31. The fourth-order valence-electron chi connectivity index (χ4n) is 2.07. The normalized spacial score (nSPS) is 16.0. The number of carboxylic acid groups (broad SMARTS) is 1. The van der Waals surface area contributed by atoms with E-state index in [1.807, 2.05) is 0 Å². The summed E-state index contributed by atoms with van der Waals surface area (Å²) in [5, 5.41) is 12.6. The molecule has 1 amide bonds. The molecule has 1 aromatic heterocycles. The molecule has 0 unspecified atom stereocenters. The number of carbonyl (C=O) groups is 2. The third-order valence-corrected chi connectivity index (χ3v) is 7.11. The summed E-state index contributed by atoms with van der Waals surface area (Å²) in [6, 6.07) is 1.44. The standard InChI is InChI=1S/C13H18N2O6S3/c16-11(17)9-21-5-2-14-13(18)12-10(1-6-23-12)24(19,20)15-3-7-22-8-4-15/h1,6H,2-5,7-9H2,(H,14,18)(H,16,17). The highest BCUT2D eigenvalue weighted by Crippen LogP contribution is 2.26. The summed E-state index contributed by atoms with van der Waals surface area (Å²) in [5.74, 6) is -0.112. The fraction of sp³-hybridized carbons (Fsp3) is 0.538. The Morgan fingerprint density at radius 1 is 1.33 bits per heavy atom. The number of thiophene rings is 1. The second-order valence-electron chi connectivity index (χ2n) is 4.83. The summed E-state index contributed by atoms with van der Waals surface area (Å²) >= 11 is 2.76. The molecule has 1 aromatic rings. The van der Waals surface area contributed by atoms with Gasteiger partial charge in [-0.2, -0.15) is 16.1 Å². The maximum absolute atomic E-state index is 12.7. The maximum Gasteiger partial charge on any atom is 0.329 e. The van der Waals surface area contributed by atoms with Crippen LogP contribution in [0.2, 0.25) is 0 Å². The predicted molar refractivity (Wildman–Crippen MR) is 91.2 cm³/mol. The molecule has 11 heteroatoms. The van der Waals surface area contributed by atoms with E-state index in [0.29, 0.717) is 13.1 Å². The van der Waals surface area contributed by atoms with Crippen LogP contribution in [0.1, 0.15) is 9.67 Å². The summed E-state index contributed by atoms with van der Waals surface area (Å²) in [7, 11) is -3.68. The third kappa shape index (κ3) is 4.93. The number of carboxylic acids is 1. The second kappa shape index (κ2) is 8.81. The number of aliphatic carboxylic acids is 1. The topological polar surface area (TPSA) is 113 Å². The van der Waals surface area contributed by atoms with Gasteiger partial charge >= 0.3 is 5.97 Å². The number of rotatable bonds is 8. The number of amides is 1. The van der Waals surface area contributed by atoms with Crippen molar-refractivity contribution in [3.05, 3.63) is 16.3 Å². The van der Waals surface area contributed by atoms with E-state index < -0.39 is 28.5 Å². The smallest absolute Gasteiger partial charge is 0.329 e. The minimum absolute atomic E-state index is 0.0170. The zero-order valence-corrected chi connectivity index (χ0v) is 15.2. The number of ether oxygens (including phenoxy) is 1. The summed E-state index contributed by atoms with van der Waals surface area (Å²) in [4.78, 5) is 22.6. The molecule has 0 saturated carbocycles. The van der Waals surface area contributed by atoms with Crippen LogP contribution in [0, 0.1) is 0 Å². The minimum atomic E-state index is -3.68. The molecular weight excluding hydrogens is 376 g/mol. The van der Waals surface area contributed by atoms with Gasteiger partial charge in [0.05, 0.1) is 6.61 Å². The molecule has 1 saturated heterocycles. The summed E-state index contributed by atoms with van der Waals surface area (Å²) in [6.07, 6.45) is 0. The zero-order valence-electron chi connectivity index (χ0n) is 12.8. The van der Waals surface area contributed by atoms with Crippen LogP contribution in [-0.2, 0) is 19.6 Å². The van der Waals surface area contributed by atoms with Crippen molar-refractivity contribution in [1.29, 1.82) is 0 Å². The van der Waals surface area contributed by atoms with Crippen molar-refractivity contribution in [3.8, 4) is 0 Å². The van der Waals surface area contributed by atoms with Gasteiger partial charge in [0.15, 0.2) is 0 Å². The lowest BCUT2D eigenvalue weighted by Gasteiger charge is -2.25. The molecule has 0 radical (unpaired) electrons. The number of nitrogens with one attached hydrogen (secondary N) is 1. The van der Waals surface area contributed by atoms with Crippen LogP contribution in [0.4, 0.5) is 0 Å². The average Bonchev–Trinajstić information content (AvgIpc) is 3.05. The molecule has 24 heavy (non-hydrogen) atoms. The first kappa shape index (κ1) is 19.2. The van der Waals surface area contributed by atoms with E-state index in [-0.39, 0.29) is 22.9 Å². The SMILES string of the molecule is O=C(O)COCCNC(=O)c1sccc1S(=O)(=O)N1CCSCC1. The van der Waals surface area contributed by atoms with E-state index in [9.17, 15) is 18.0 Å². The molecule has 1 aliphatic heterocycles. The lowest BCUT2D eigenvalue weighted by Crippen LogP contribution is -2.38. The van der Waals surface area contributed by atoms with Crippen molar-refractivity contribution < 1.29 is 27.9 Å². The van der Waals surface area contributed by atoms with Crippen molar-refractivity contribution in [3.63, 3.8) is 0 Å². The Morgan fingerprint density at radius 3 is 2.71 bits per heavy atom. The Labute approximate surface area is 148 Å². The van der Waals surface area contributed by atoms with Crippen molar-refractivity contribution >= 4 is 45.0 Å². The Hall–Kier alpha value is -1.14. The van der Waals surface area contributed by atoms with Crippen molar-refractivity contribution in [2.45, 2.75) is 4.90 Å². The first-order chi connectivity index (χ1) is 11.4. The van der Waals surface area contributed by atoms with Crippen LogP contribution in [0.3, 0.4) is 0 Å². The van der Waals surface area contributed by atoms with Gasteiger partial charge in [0.2, 0.25) is 10.0 Å². The third-order valence-electron chi connectivity index (χ3n) is 3.18. The van der Waals surface area contributed by atoms with Crippen LogP contribution in [0.5, 0.6) is 0 Å². The maximum atomic E-state index is 12.7. The van der Waals surface area contributed by atoms with E-state index in [1.54, 1.807) is 17.1 Å². The Balaban J connectivity index is 1.98. The van der Waals surface area contributed by atoms with E-state index in [2.05, 4.69) is 5.32 Å². The summed E-state index contributed by atoms with van der Waals surface area (Å²) < 4.78 is 31.6. The van der Waals surface area contributed by atoms with Crippen LogP contribution >= 0.6 is 23.1 Å². The van der Waals surface area contributed by atoms with Gasteiger partial charge in [0.1, 0.15) is 16.4 Å². The van der Waals surface area contributed by atoms with E-state index in [0.717, 1.165) is 22.8 Å². The minimum Gasteiger partial charge on any atom is -0.480 e. The van der Waals surface area contributed by atoms with Gasteiger partial charge in [-0.25, -0.2) is 13.2 Å². The molecule has 0 spiro atoms. The number of nitrogens with zero attached hydrogens (tertiary/aromatic N) is 1. The number of carbonyl (C=O) groups excluding carboxylic acids is 1. The molecule has 8 nitrogen and oxygen atoms in total. The summed E-state index contributed by atoms with van der Waals surface area (Å²) in [6.45, 7) is 0.569. The van der Waals surface area contributed by atoms with Crippen molar-refractivity contribution in [2.75, 3.05) is 44.4 Å².